The molecule has 0 aliphatic heterocycles. The topological polar surface area (TPSA) is 66.4 Å². The molecule has 0 spiro atoms. The fourth-order valence-corrected chi connectivity index (χ4v) is 2.94. The predicted octanol–water partition coefficient (Wildman–Crippen LogP) is 1.78. The fraction of sp³-hybridized carbons (Fsp3) is 0.455. The van der Waals surface area contributed by atoms with Crippen molar-refractivity contribution in [3.8, 4) is 0 Å². The lowest BCUT2D eigenvalue weighted by atomic mass is 10.2. The summed E-state index contributed by atoms with van der Waals surface area (Å²) >= 11 is 5.81. The number of rotatable bonds is 6. The Labute approximate surface area is 107 Å². The molecule has 0 aliphatic carbocycles. The van der Waals surface area contributed by atoms with Crippen LogP contribution in [0.2, 0.25) is 5.02 Å². The van der Waals surface area contributed by atoms with Gasteiger partial charge in [0.2, 0.25) is 10.0 Å². The lowest BCUT2D eigenvalue weighted by molar-refractivity contribution is 0.182. The molecule has 96 valence electrons. The maximum atomic E-state index is 11.8. The molecule has 0 heterocycles. The largest absolute Gasteiger partial charge is 0.393 e. The van der Waals surface area contributed by atoms with E-state index in [-0.39, 0.29) is 9.92 Å². The Bertz CT molecular complexity index is 460. The SMILES string of the molecule is CC(O)CCCNS(=O)(=O)c1ccccc1Cl. The zero-order valence-electron chi connectivity index (χ0n) is 9.56. The third kappa shape index (κ3) is 4.63. The molecule has 1 aromatic rings. The number of nitrogens with one attached hydrogen (secondary N) is 1. The number of sulfonamides is 1. The Morgan fingerprint density at radius 1 is 1.41 bits per heavy atom. The molecule has 0 aromatic heterocycles. The molecule has 6 heteroatoms. The van der Waals surface area contributed by atoms with E-state index in [9.17, 15) is 8.42 Å². The van der Waals surface area contributed by atoms with Crippen molar-refractivity contribution in [1.29, 1.82) is 0 Å². The highest BCUT2D eigenvalue weighted by Crippen LogP contribution is 2.19. The van der Waals surface area contributed by atoms with E-state index in [1.165, 1.54) is 12.1 Å². The van der Waals surface area contributed by atoms with Gasteiger partial charge in [-0.1, -0.05) is 23.7 Å². The number of hydrogen-bond acceptors (Lipinski definition) is 3. The van der Waals surface area contributed by atoms with Gasteiger partial charge in [0, 0.05) is 6.54 Å². The van der Waals surface area contributed by atoms with Crippen LogP contribution in [0.5, 0.6) is 0 Å². The predicted molar refractivity (Wildman–Crippen MR) is 67.6 cm³/mol. The van der Waals surface area contributed by atoms with Crippen molar-refractivity contribution >= 4 is 21.6 Å². The molecule has 0 fully saturated rings. The molecular weight excluding hydrogens is 262 g/mol. The van der Waals surface area contributed by atoms with Crippen LogP contribution in [-0.4, -0.2) is 26.2 Å². The smallest absolute Gasteiger partial charge is 0.242 e. The van der Waals surface area contributed by atoms with Gasteiger partial charge in [0.05, 0.1) is 11.1 Å². The van der Waals surface area contributed by atoms with Gasteiger partial charge >= 0.3 is 0 Å². The first-order valence-electron chi connectivity index (χ1n) is 5.36. The molecule has 1 aromatic carbocycles. The highest BCUT2D eigenvalue weighted by atomic mass is 35.5. The summed E-state index contributed by atoms with van der Waals surface area (Å²) in [6.07, 6.45) is 0.728. The van der Waals surface area contributed by atoms with E-state index in [1.54, 1.807) is 19.1 Å². The first kappa shape index (κ1) is 14.4. The lowest BCUT2D eigenvalue weighted by Gasteiger charge is -2.08. The number of hydrogen-bond donors (Lipinski definition) is 2. The molecule has 1 atom stereocenters. The van der Waals surface area contributed by atoms with Crippen molar-refractivity contribution in [1.82, 2.24) is 4.72 Å². The Balaban J connectivity index is 2.61. The molecule has 0 aliphatic rings. The molecule has 0 amide bonds. The molecule has 17 heavy (non-hydrogen) atoms. The second kappa shape index (κ2) is 6.35. The summed E-state index contributed by atoms with van der Waals surface area (Å²) in [6.45, 7) is 1.96. The van der Waals surface area contributed by atoms with Gasteiger partial charge < -0.3 is 5.11 Å². The fourth-order valence-electron chi connectivity index (χ4n) is 1.34. The van der Waals surface area contributed by atoms with Gasteiger partial charge in [-0.15, -0.1) is 0 Å². The molecule has 0 saturated carbocycles. The maximum Gasteiger partial charge on any atom is 0.242 e. The van der Waals surface area contributed by atoms with Gasteiger partial charge in [-0.05, 0) is 31.9 Å². The first-order valence-corrected chi connectivity index (χ1v) is 7.22. The van der Waals surface area contributed by atoms with E-state index < -0.39 is 16.1 Å². The minimum atomic E-state index is -3.55. The van der Waals surface area contributed by atoms with E-state index in [2.05, 4.69) is 4.72 Å². The van der Waals surface area contributed by atoms with Crippen molar-refractivity contribution in [3.05, 3.63) is 29.3 Å². The standard InChI is InChI=1S/C11H16ClNO3S/c1-9(14)5-4-8-13-17(15,16)11-7-3-2-6-10(11)12/h2-3,6-7,9,13-14H,4-5,8H2,1H3. The van der Waals surface area contributed by atoms with Gasteiger partial charge in [0.25, 0.3) is 0 Å². The van der Waals surface area contributed by atoms with Crippen molar-refractivity contribution in [2.45, 2.75) is 30.8 Å². The van der Waals surface area contributed by atoms with Crippen LogP contribution < -0.4 is 4.72 Å². The van der Waals surface area contributed by atoms with E-state index in [1.807, 2.05) is 0 Å². The molecule has 1 unspecified atom stereocenters. The average Bonchev–Trinajstić information content (AvgIpc) is 2.24. The van der Waals surface area contributed by atoms with Crippen molar-refractivity contribution in [3.63, 3.8) is 0 Å². The highest BCUT2D eigenvalue weighted by Gasteiger charge is 2.16. The first-order chi connectivity index (χ1) is 7.93. The van der Waals surface area contributed by atoms with Gasteiger partial charge in [-0.3, -0.25) is 0 Å². The van der Waals surface area contributed by atoms with Gasteiger partial charge in [-0.25, -0.2) is 13.1 Å². The van der Waals surface area contributed by atoms with Crippen LogP contribution in [0.15, 0.2) is 29.2 Å². The number of aliphatic hydroxyl groups is 1. The van der Waals surface area contributed by atoms with Crippen LogP contribution in [0.4, 0.5) is 0 Å². The van der Waals surface area contributed by atoms with Gasteiger partial charge in [0.1, 0.15) is 4.90 Å². The lowest BCUT2D eigenvalue weighted by Crippen LogP contribution is -2.25. The van der Waals surface area contributed by atoms with Crippen LogP contribution in [0, 0.1) is 0 Å². The van der Waals surface area contributed by atoms with E-state index in [0.29, 0.717) is 19.4 Å². The second-order valence-electron chi connectivity index (χ2n) is 3.82. The van der Waals surface area contributed by atoms with Crippen LogP contribution in [0.25, 0.3) is 0 Å². The third-order valence-corrected chi connectivity index (χ3v) is 4.18. The number of benzene rings is 1. The number of halogens is 1. The molecule has 2 N–H and O–H groups in total. The molecular formula is C11H16ClNO3S. The molecule has 0 radical (unpaired) electrons. The van der Waals surface area contributed by atoms with Crippen molar-refractivity contribution < 1.29 is 13.5 Å². The van der Waals surface area contributed by atoms with Gasteiger partial charge in [0.15, 0.2) is 0 Å². The average molecular weight is 278 g/mol. The normalized spacial score (nSPS) is 13.6. The Kier molecular flexibility index (Phi) is 5.39. The zero-order chi connectivity index (χ0) is 12.9. The van der Waals surface area contributed by atoms with Crippen LogP contribution in [-0.2, 0) is 10.0 Å². The summed E-state index contributed by atoms with van der Waals surface area (Å²) in [6, 6.07) is 6.29. The van der Waals surface area contributed by atoms with E-state index in [4.69, 9.17) is 16.7 Å². The summed E-state index contributed by atoms with van der Waals surface area (Å²) in [4.78, 5) is 0.0821. The quantitative estimate of drug-likeness (QED) is 0.779. The van der Waals surface area contributed by atoms with E-state index >= 15 is 0 Å². The summed E-state index contributed by atoms with van der Waals surface area (Å²) in [5.74, 6) is 0. The molecule has 1 rings (SSSR count). The maximum absolute atomic E-state index is 11.8. The summed E-state index contributed by atoms with van der Waals surface area (Å²) in [5, 5.41) is 9.25. The van der Waals surface area contributed by atoms with Crippen molar-refractivity contribution in [2.75, 3.05) is 6.54 Å². The summed E-state index contributed by atoms with van der Waals surface area (Å²) < 4.78 is 26.1. The Morgan fingerprint density at radius 3 is 2.65 bits per heavy atom. The van der Waals surface area contributed by atoms with Crippen LogP contribution >= 0.6 is 11.6 Å². The van der Waals surface area contributed by atoms with Crippen LogP contribution in [0.1, 0.15) is 19.8 Å². The van der Waals surface area contributed by atoms with E-state index in [0.717, 1.165) is 0 Å². The Hall–Kier alpha value is -0.620. The summed E-state index contributed by atoms with van der Waals surface area (Å²) in [7, 11) is -3.55. The highest BCUT2D eigenvalue weighted by molar-refractivity contribution is 7.89. The molecule has 4 nitrogen and oxygen atoms in total. The third-order valence-electron chi connectivity index (χ3n) is 2.22. The minimum absolute atomic E-state index is 0.0821. The van der Waals surface area contributed by atoms with Gasteiger partial charge in [-0.2, -0.15) is 0 Å². The van der Waals surface area contributed by atoms with Crippen LogP contribution in [0.3, 0.4) is 0 Å². The minimum Gasteiger partial charge on any atom is -0.393 e. The zero-order valence-corrected chi connectivity index (χ0v) is 11.1. The number of aliphatic hydroxyl groups excluding tert-OH is 1. The molecule has 0 saturated heterocycles. The van der Waals surface area contributed by atoms with Crippen molar-refractivity contribution in [2.24, 2.45) is 0 Å². The molecule has 0 bridgehead atoms. The summed E-state index contributed by atoms with van der Waals surface area (Å²) in [5.41, 5.74) is 0. The Morgan fingerprint density at radius 2 is 2.06 bits per heavy atom. The second-order valence-corrected chi connectivity index (χ2v) is 5.96. The monoisotopic (exact) mass is 277 g/mol.